The highest BCUT2D eigenvalue weighted by atomic mass is 35.5. The van der Waals surface area contributed by atoms with Crippen LogP contribution >= 0.6 is 11.6 Å². The molecule has 2 N–H and O–H groups in total. The van der Waals surface area contributed by atoms with E-state index in [9.17, 15) is 9.59 Å². The molecular formula is C24H22ClN3O5. The van der Waals surface area contributed by atoms with Gasteiger partial charge in [-0.05, 0) is 65.7 Å². The molecule has 0 unspecified atom stereocenters. The Kier molecular flexibility index (Phi) is 8.26. The SMILES string of the molecule is COc1ccc(NC(=O)C(=O)NN=Cc2ccc(OCc3ccc(Cl)cc3)c(OC)c2)cc1. The van der Waals surface area contributed by atoms with Crippen molar-refractivity contribution in [3.63, 3.8) is 0 Å². The lowest BCUT2D eigenvalue weighted by Crippen LogP contribution is -2.32. The molecule has 0 aromatic heterocycles. The van der Waals surface area contributed by atoms with Crippen LogP contribution in [0, 0.1) is 0 Å². The molecule has 0 saturated heterocycles. The number of methoxy groups -OCH3 is 2. The van der Waals surface area contributed by atoms with E-state index in [4.69, 9.17) is 25.8 Å². The van der Waals surface area contributed by atoms with Crippen LogP contribution in [0.15, 0.2) is 71.8 Å². The first kappa shape index (κ1) is 23.6. The van der Waals surface area contributed by atoms with Crippen molar-refractivity contribution in [3.05, 3.63) is 82.9 Å². The standard InChI is InChI=1S/C24H22ClN3O5/c1-31-20-10-8-19(9-11-20)27-23(29)24(30)28-26-14-17-5-12-21(22(13-17)32-2)33-15-16-3-6-18(25)7-4-16/h3-14H,15H2,1-2H3,(H,27,29)(H,28,30). The highest BCUT2D eigenvalue weighted by molar-refractivity contribution is 6.39. The van der Waals surface area contributed by atoms with Gasteiger partial charge in [0.25, 0.3) is 0 Å². The summed E-state index contributed by atoms with van der Waals surface area (Å²) in [6.45, 7) is 0.348. The Morgan fingerprint density at radius 3 is 2.30 bits per heavy atom. The number of halogens is 1. The Morgan fingerprint density at radius 1 is 0.909 bits per heavy atom. The zero-order valence-electron chi connectivity index (χ0n) is 18.0. The molecule has 0 heterocycles. The minimum atomic E-state index is -0.906. The Morgan fingerprint density at radius 2 is 1.64 bits per heavy atom. The number of nitrogens with zero attached hydrogens (tertiary/aromatic N) is 1. The minimum Gasteiger partial charge on any atom is -0.497 e. The largest absolute Gasteiger partial charge is 0.497 e. The number of amides is 2. The van der Waals surface area contributed by atoms with Crippen molar-refractivity contribution in [2.45, 2.75) is 6.61 Å². The van der Waals surface area contributed by atoms with E-state index in [2.05, 4.69) is 15.8 Å². The van der Waals surface area contributed by atoms with Crippen molar-refractivity contribution in [3.8, 4) is 17.2 Å². The molecule has 0 radical (unpaired) electrons. The lowest BCUT2D eigenvalue weighted by Gasteiger charge is -2.11. The molecule has 33 heavy (non-hydrogen) atoms. The summed E-state index contributed by atoms with van der Waals surface area (Å²) in [7, 11) is 3.06. The molecule has 0 atom stereocenters. The fourth-order valence-corrected chi connectivity index (χ4v) is 2.83. The Bertz CT molecular complexity index is 1130. The van der Waals surface area contributed by atoms with Crippen molar-refractivity contribution in [1.82, 2.24) is 5.43 Å². The third-order valence-electron chi connectivity index (χ3n) is 4.43. The van der Waals surface area contributed by atoms with Gasteiger partial charge >= 0.3 is 11.8 Å². The average molecular weight is 468 g/mol. The second-order valence-corrected chi connectivity index (χ2v) is 7.14. The highest BCUT2D eigenvalue weighted by Crippen LogP contribution is 2.28. The molecule has 0 aliphatic carbocycles. The minimum absolute atomic E-state index is 0.348. The third-order valence-corrected chi connectivity index (χ3v) is 4.68. The van der Waals surface area contributed by atoms with Gasteiger partial charge in [0.05, 0.1) is 20.4 Å². The summed E-state index contributed by atoms with van der Waals surface area (Å²) in [4.78, 5) is 24.0. The Balaban J connectivity index is 1.54. The zero-order valence-corrected chi connectivity index (χ0v) is 18.8. The van der Waals surface area contributed by atoms with Gasteiger partial charge < -0.3 is 19.5 Å². The Labute approximate surface area is 196 Å². The van der Waals surface area contributed by atoms with Gasteiger partial charge in [0.1, 0.15) is 12.4 Å². The molecule has 3 aromatic carbocycles. The molecule has 2 amide bonds. The van der Waals surface area contributed by atoms with E-state index >= 15 is 0 Å². The molecule has 0 bridgehead atoms. The number of benzene rings is 3. The van der Waals surface area contributed by atoms with Crippen LogP contribution in [0.4, 0.5) is 5.69 Å². The second-order valence-electron chi connectivity index (χ2n) is 6.71. The smallest absolute Gasteiger partial charge is 0.329 e. The summed E-state index contributed by atoms with van der Waals surface area (Å²) in [5, 5.41) is 6.96. The molecule has 0 aliphatic rings. The summed E-state index contributed by atoms with van der Waals surface area (Å²) in [5.41, 5.74) is 4.25. The van der Waals surface area contributed by atoms with Gasteiger partial charge in [-0.25, -0.2) is 5.43 Å². The van der Waals surface area contributed by atoms with E-state index in [-0.39, 0.29) is 0 Å². The van der Waals surface area contributed by atoms with E-state index in [0.717, 1.165) is 5.56 Å². The van der Waals surface area contributed by atoms with E-state index in [0.29, 0.717) is 40.1 Å². The van der Waals surface area contributed by atoms with Crippen LogP contribution in [0.2, 0.25) is 5.02 Å². The second kappa shape index (κ2) is 11.5. The summed E-state index contributed by atoms with van der Waals surface area (Å²) < 4.78 is 16.2. The van der Waals surface area contributed by atoms with Crippen molar-refractivity contribution in [2.75, 3.05) is 19.5 Å². The van der Waals surface area contributed by atoms with E-state index in [1.165, 1.54) is 20.4 Å². The van der Waals surface area contributed by atoms with Crippen LogP contribution in [-0.2, 0) is 16.2 Å². The summed E-state index contributed by atoms with van der Waals surface area (Å²) in [6.07, 6.45) is 1.39. The monoisotopic (exact) mass is 467 g/mol. The van der Waals surface area contributed by atoms with E-state index in [1.807, 2.05) is 12.1 Å². The van der Waals surface area contributed by atoms with Crippen molar-refractivity contribution >= 4 is 35.3 Å². The molecule has 3 aromatic rings. The van der Waals surface area contributed by atoms with Gasteiger partial charge in [-0.1, -0.05) is 23.7 Å². The summed E-state index contributed by atoms with van der Waals surface area (Å²) in [5.74, 6) is -0.0688. The number of ether oxygens (including phenoxy) is 3. The van der Waals surface area contributed by atoms with Gasteiger partial charge in [0.15, 0.2) is 11.5 Å². The maximum absolute atomic E-state index is 12.0. The number of carbonyl (C=O) groups is 2. The fraction of sp³-hybridized carbons (Fsp3) is 0.125. The van der Waals surface area contributed by atoms with Gasteiger partial charge in [0.2, 0.25) is 0 Å². The number of carbonyl (C=O) groups excluding carboxylic acids is 2. The number of hydrazone groups is 1. The first-order valence-corrected chi connectivity index (χ1v) is 10.2. The molecule has 9 heteroatoms. The van der Waals surface area contributed by atoms with Crippen molar-refractivity contribution in [1.29, 1.82) is 0 Å². The van der Waals surface area contributed by atoms with Crippen LogP contribution in [0.1, 0.15) is 11.1 Å². The van der Waals surface area contributed by atoms with Gasteiger partial charge in [-0.3, -0.25) is 9.59 Å². The molecule has 0 fully saturated rings. The molecule has 8 nitrogen and oxygen atoms in total. The van der Waals surface area contributed by atoms with Crippen LogP contribution in [0.3, 0.4) is 0 Å². The summed E-state index contributed by atoms with van der Waals surface area (Å²) >= 11 is 5.89. The van der Waals surface area contributed by atoms with E-state index in [1.54, 1.807) is 54.6 Å². The topological polar surface area (TPSA) is 98.2 Å². The molecule has 3 rings (SSSR count). The van der Waals surface area contributed by atoms with Gasteiger partial charge in [-0.2, -0.15) is 5.10 Å². The van der Waals surface area contributed by atoms with Crippen LogP contribution in [0.25, 0.3) is 0 Å². The maximum Gasteiger partial charge on any atom is 0.329 e. The molecular weight excluding hydrogens is 446 g/mol. The fourth-order valence-electron chi connectivity index (χ4n) is 2.70. The predicted octanol–water partition coefficient (Wildman–Crippen LogP) is 4.03. The molecule has 0 saturated carbocycles. The van der Waals surface area contributed by atoms with Gasteiger partial charge in [-0.15, -0.1) is 0 Å². The highest BCUT2D eigenvalue weighted by Gasteiger charge is 2.13. The number of hydrogen-bond acceptors (Lipinski definition) is 6. The normalized spacial score (nSPS) is 10.5. The third kappa shape index (κ3) is 6.98. The summed E-state index contributed by atoms with van der Waals surface area (Å²) in [6, 6.07) is 19.1. The lowest BCUT2D eigenvalue weighted by molar-refractivity contribution is -0.136. The van der Waals surface area contributed by atoms with Gasteiger partial charge in [0, 0.05) is 10.7 Å². The number of hydrogen-bond donors (Lipinski definition) is 2. The molecule has 0 spiro atoms. The first-order chi connectivity index (χ1) is 16.0. The quantitative estimate of drug-likeness (QED) is 0.296. The number of anilines is 1. The molecule has 0 aliphatic heterocycles. The molecule has 170 valence electrons. The lowest BCUT2D eigenvalue weighted by atomic mass is 10.2. The predicted molar refractivity (Wildman–Crippen MR) is 126 cm³/mol. The van der Waals surface area contributed by atoms with Crippen LogP contribution in [0.5, 0.6) is 17.2 Å². The van der Waals surface area contributed by atoms with Crippen molar-refractivity contribution < 1.29 is 23.8 Å². The van der Waals surface area contributed by atoms with Crippen molar-refractivity contribution in [2.24, 2.45) is 5.10 Å². The first-order valence-electron chi connectivity index (χ1n) is 9.82. The van der Waals surface area contributed by atoms with E-state index < -0.39 is 11.8 Å². The Hall–Kier alpha value is -4.04. The van der Waals surface area contributed by atoms with Crippen LogP contribution in [-0.4, -0.2) is 32.2 Å². The zero-order chi connectivity index (χ0) is 23.6. The maximum atomic E-state index is 12.0. The number of rotatable bonds is 8. The average Bonchev–Trinajstić information content (AvgIpc) is 2.84. The number of nitrogens with one attached hydrogen (secondary N) is 2. The van der Waals surface area contributed by atoms with Crippen LogP contribution < -0.4 is 25.0 Å².